The van der Waals surface area contributed by atoms with E-state index in [1.165, 1.54) is 0 Å². The third kappa shape index (κ3) is 2.70. The van der Waals surface area contributed by atoms with E-state index < -0.39 is 12.1 Å². The molecular weight excluding hydrogens is 302 g/mol. The molecule has 1 aliphatic rings. The monoisotopic (exact) mass is 325 g/mol. The van der Waals surface area contributed by atoms with Gasteiger partial charge in [0, 0.05) is 23.5 Å². The Balaban J connectivity index is 2.00. The molecule has 5 heteroatoms. The van der Waals surface area contributed by atoms with Crippen LogP contribution in [0, 0.1) is 0 Å². The molecule has 5 nitrogen and oxygen atoms in total. The van der Waals surface area contributed by atoms with E-state index in [0.717, 1.165) is 16.5 Å². The SMILES string of the molecule is C=CC(C)(C)n1cc(C[C@@H]2NC(=O)[C@H](C)NC2=O)c2ccccc21. The van der Waals surface area contributed by atoms with Crippen LogP contribution in [0.15, 0.2) is 43.1 Å². The minimum absolute atomic E-state index is 0.137. The summed E-state index contributed by atoms with van der Waals surface area (Å²) in [6.45, 7) is 9.79. The van der Waals surface area contributed by atoms with Crippen molar-refractivity contribution in [2.75, 3.05) is 0 Å². The number of nitrogens with one attached hydrogen (secondary N) is 2. The van der Waals surface area contributed by atoms with Gasteiger partial charge >= 0.3 is 0 Å². The number of carbonyl (C=O) groups is 2. The molecule has 0 unspecified atom stereocenters. The molecular formula is C19H23N3O2. The van der Waals surface area contributed by atoms with E-state index in [4.69, 9.17) is 0 Å². The van der Waals surface area contributed by atoms with Crippen molar-refractivity contribution in [1.82, 2.24) is 15.2 Å². The lowest BCUT2D eigenvalue weighted by Crippen LogP contribution is -2.61. The highest BCUT2D eigenvalue weighted by molar-refractivity contribution is 5.97. The first-order valence-corrected chi connectivity index (χ1v) is 8.17. The van der Waals surface area contributed by atoms with E-state index in [0.29, 0.717) is 6.42 Å². The van der Waals surface area contributed by atoms with Crippen molar-refractivity contribution in [3.8, 4) is 0 Å². The Morgan fingerprint density at radius 3 is 2.62 bits per heavy atom. The summed E-state index contributed by atoms with van der Waals surface area (Å²) < 4.78 is 2.16. The Morgan fingerprint density at radius 2 is 1.92 bits per heavy atom. The highest BCUT2D eigenvalue weighted by atomic mass is 16.2. The predicted octanol–water partition coefficient (Wildman–Crippen LogP) is 2.11. The van der Waals surface area contributed by atoms with Crippen LogP contribution in [0.25, 0.3) is 10.9 Å². The Hall–Kier alpha value is -2.56. The number of fused-ring (bicyclic) bond motifs is 1. The van der Waals surface area contributed by atoms with Crippen LogP contribution >= 0.6 is 0 Å². The summed E-state index contributed by atoms with van der Waals surface area (Å²) in [6, 6.07) is 7.07. The molecule has 2 amide bonds. The summed E-state index contributed by atoms with van der Waals surface area (Å²) in [5, 5.41) is 6.62. The number of piperazine rings is 1. The van der Waals surface area contributed by atoms with Crippen LogP contribution in [-0.2, 0) is 21.5 Å². The highest BCUT2D eigenvalue weighted by Gasteiger charge is 2.32. The van der Waals surface area contributed by atoms with Gasteiger partial charge in [0.2, 0.25) is 11.8 Å². The summed E-state index contributed by atoms with van der Waals surface area (Å²) in [7, 11) is 0. The van der Waals surface area contributed by atoms with Crippen LogP contribution in [0.4, 0.5) is 0 Å². The molecule has 1 fully saturated rings. The molecule has 1 aromatic carbocycles. The van der Waals surface area contributed by atoms with Crippen molar-refractivity contribution in [3.63, 3.8) is 0 Å². The van der Waals surface area contributed by atoms with Crippen molar-refractivity contribution < 1.29 is 9.59 Å². The molecule has 2 N–H and O–H groups in total. The van der Waals surface area contributed by atoms with Gasteiger partial charge in [-0.05, 0) is 32.4 Å². The second-order valence-electron chi connectivity index (χ2n) is 6.89. The molecule has 0 saturated carbocycles. The van der Waals surface area contributed by atoms with Gasteiger partial charge in [-0.3, -0.25) is 9.59 Å². The molecule has 0 spiro atoms. The first kappa shape index (κ1) is 16.3. The van der Waals surface area contributed by atoms with Crippen molar-refractivity contribution in [1.29, 1.82) is 0 Å². The van der Waals surface area contributed by atoms with E-state index >= 15 is 0 Å². The molecule has 2 aromatic rings. The van der Waals surface area contributed by atoms with Gasteiger partial charge in [0.1, 0.15) is 12.1 Å². The number of hydrogen-bond donors (Lipinski definition) is 2. The van der Waals surface area contributed by atoms with Gasteiger partial charge in [0.15, 0.2) is 0 Å². The van der Waals surface area contributed by atoms with Crippen LogP contribution in [0.5, 0.6) is 0 Å². The van der Waals surface area contributed by atoms with Crippen LogP contribution in [0.2, 0.25) is 0 Å². The Morgan fingerprint density at radius 1 is 1.21 bits per heavy atom. The molecule has 0 aliphatic carbocycles. The Bertz CT molecular complexity index is 819. The first-order valence-electron chi connectivity index (χ1n) is 8.17. The molecule has 1 saturated heterocycles. The molecule has 1 aliphatic heterocycles. The quantitative estimate of drug-likeness (QED) is 0.846. The summed E-state index contributed by atoms with van der Waals surface area (Å²) in [6.07, 6.45) is 4.43. The second kappa shape index (κ2) is 5.82. The molecule has 3 rings (SSSR count). The number of aromatic nitrogens is 1. The average Bonchev–Trinajstić information content (AvgIpc) is 2.92. The fourth-order valence-corrected chi connectivity index (χ4v) is 3.09. The van der Waals surface area contributed by atoms with Gasteiger partial charge < -0.3 is 15.2 Å². The Kier molecular flexibility index (Phi) is 3.95. The molecule has 0 bridgehead atoms. The highest BCUT2D eigenvalue weighted by Crippen LogP contribution is 2.29. The van der Waals surface area contributed by atoms with Crippen LogP contribution in [0.3, 0.4) is 0 Å². The lowest BCUT2D eigenvalue weighted by Gasteiger charge is -2.27. The summed E-state index contributed by atoms with van der Waals surface area (Å²) in [5.41, 5.74) is 1.88. The molecule has 1 aromatic heterocycles. The zero-order valence-electron chi connectivity index (χ0n) is 14.3. The van der Waals surface area contributed by atoms with E-state index in [-0.39, 0.29) is 17.4 Å². The van der Waals surface area contributed by atoms with Gasteiger partial charge in [0.25, 0.3) is 0 Å². The normalized spacial score (nSPS) is 21.5. The second-order valence-corrected chi connectivity index (χ2v) is 6.89. The maximum atomic E-state index is 12.2. The van der Waals surface area contributed by atoms with E-state index in [1.54, 1.807) is 6.92 Å². The summed E-state index contributed by atoms with van der Waals surface area (Å²) >= 11 is 0. The minimum Gasteiger partial charge on any atom is -0.343 e. The average molecular weight is 325 g/mol. The topological polar surface area (TPSA) is 63.1 Å². The fourth-order valence-electron chi connectivity index (χ4n) is 3.09. The predicted molar refractivity (Wildman–Crippen MR) is 94.7 cm³/mol. The number of nitrogens with zero attached hydrogens (tertiary/aromatic N) is 1. The molecule has 2 atom stereocenters. The number of carbonyl (C=O) groups excluding carboxylic acids is 2. The van der Waals surface area contributed by atoms with E-state index in [2.05, 4.69) is 47.9 Å². The largest absolute Gasteiger partial charge is 0.343 e. The van der Waals surface area contributed by atoms with Gasteiger partial charge in [-0.2, -0.15) is 0 Å². The number of amides is 2. The molecule has 126 valence electrons. The van der Waals surface area contributed by atoms with Gasteiger partial charge in [0.05, 0.1) is 5.54 Å². The summed E-state index contributed by atoms with van der Waals surface area (Å²) in [5.74, 6) is -0.281. The van der Waals surface area contributed by atoms with Gasteiger partial charge in [-0.1, -0.05) is 24.3 Å². The maximum absolute atomic E-state index is 12.2. The lowest BCUT2D eigenvalue weighted by molar-refractivity contribution is -0.136. The third-order valence-electron chi connectivity index (χ3n) is 4.72. The minimum atomic E-state index is -0.542. The number of allylic oxidation sites excluding steroid dienone is 1. The van der Waals surface area contributed by atoms with Gasteiger partial charge in [-0.25, -0.2) is 0 Å². The molecule has 0 radical (unpaired) electrons. The maximum Gasteiger partial charge on any atom is 0.243 e. The van der Waals surface area contributed by atoms with Crippen LogP contribution in [-0.4, -0.2) is 28.5 Å². The molecule has 24 heavy (non-hydrogen) atoms. The fraction of sp³-hybridized carbons (Fsp3) is 0.368. The lowest BCUT2D eigenvalue weighted by atomic mass is 10.0. The standard InChI is InChI=1S/C19H23N3O2/c1-5-19(3,4)22-11-13(14-8-6-7-9-16(14)22)10-15-18(24)20-12(2)17(23)21-15/h5-9,11-12,15H,1,10H2,2-4H3,(H,20,24)(H,21,23)/t12-,15-/m0/s1. The van der Waals surface area contributed by atoms with Crippen molar-refractivity contribution in [2.45, 2.75) is 44.8 Å². The number of benzene rings is 1. The van der Waals surface area contributed by atoms with Crippen molar-refractivity contribution in [3.05, 3.63) is 48.7 Å². The van der Waals surface area contributed by atoms with E-state index in [9.17, 15) is 9.59 Å². The third-order valence-corrected chi connectivity index (χ3v) is 4.72. The number of para-hydroxylation sites is 1. The van der Waals surface area contributed by atoms with Crippen molar-refractivity contribution in [2.24, 2.45) is 0 Å². The smallest absolute Gasteiger partial charge is 0.243 e. The van der Waals surface area contributed by atoms with Crippen molar-refractivity contribution >= 4 is 22.7 Å². The number of hydrogen-bond acceptors (Lipinski definition) is 2. The van der Waals surface area contributed by atoms with Crippen LogP contribution in [0.1, 0.15) is 26.3 Å². The van der Waals surface area contributed by atoms with Gasteiger partial charge in [-0.15, -0.1) is 6.58 Å². The van der Waals surface area contributed by atoms with Crippen LogP contribution < -0.4 is 10.6 Å². The molecule has 2 heterocycles. The van der Waals surface area contributed by atoms with E-state index in [1.807, 2.05) is 24.3 Å². The first-order chi connectivity index (χ1) is 11.3. The Labute approximate surface area is 141 Å². The summed E-state index contributed by atoms with van der Waals surface area (Å²) in [4.78, 5) is 24.1. The zero-order valence-corrected chi connectivity index (χ0v) is 14.3. The zero-order chi connectivity index (χ0) is 17.5. The number of rotatable bonds is 4.